The Bertz CT molecular complexity index is 657. The van der Waals surface area contributed by atoms with Crippen molar-refractivity contribution in [3.63, 3.8) is 0 Å². The Morgan fingerprint density at radius 1 is 1.24 bits per heavy atom. The molecule has 0 aliphatic carbocycles. The van der Waals surface area contributed by atoms with E-state index in [1.54, 1.807) is 30.9 Å². The SMILES string of the molecule is CN=C(NCCCNS(C)(=O)=O)NCc1ccc(F)cc1CSC.I. The molecule has 3 N–H and O–H groups in total. The Morgan fingerprint density at radius 2 is 1.96 bits per heavy atom. The molecule has 10 heteroatoms. The zero-order valence-corrected chi connectivity index (χ0v) is 18.6. The zero-order valence-electron chi connectivity index (χ0n) is 14.6. The maximum Gasteiger partial charge on any atom is 0.208 e. The second kappa shape index (κ2) is 12.7. The largest absolute Gasteiger partial charge is 0.356 e. The molecule has 0 heterocycles. The van der Waals surface area contributed by atoms with Crippen molar-refractivity contribution >= 4 is 51.7 Å². The topological polar surface area (TPSA) is 82.6 Å². The van der Waals surface area contributed by atoms with Crippen LogP contribution >= 0.6 is 35.7 Å². The van der Waals surface area contributed by atoms with Crippen molar-refractivity contribution in [1.29, 1.82) is 0 Å². The molecule has 0 bridgehead atoms. The van der Waals surface area contributed by atoms with Crippen LogP contribution in [-0.4, -0.2) is 47.0 Å². The second-order valence-corrected chi connectivity index (χ2v) is 7.92. The minimum Gasteiger partial charge on any atom is -0.356 e. The number of guanidine groups is 1. The summed E-state index contributed by atoms with van der Waals surface area (Å²) < 4.78 is 37.7. The molecular formula is C15H26FIN4O2S2. The molecule has 25 heavy (non-hydrogen) atoms. The van der Waals surface area contributed by atoms with Crippen LogP contribution in [0.3, 0.4) is 0 Å². The number of hydrogen-bond donors (Lipinski definition) is 3. The molecule has 0 amide bonds. The van der Waals surface area contributed by atoms with Gasteiger partial charge in [0, 0.05) is 32.4 Å². The van der Waals surface area contributed by atoms with Gasteiger partial charge in [-0.2, -0.15) is 11.8 Å². The fourth-order valence-electron chi connectivity index (χ4n) is 2.01. The van der Waals surface area contributed by atoms with Gasteiger partial charge in [-0.1, -0.05) is 6.07 Å². The van der Waals surface area contributed by atoms with Crippen molar-refractivity contribution < 1.29 is 12.8 Å². The first-order valence-corrected chi connectivity index (χ1v) is 10.8. The van der Waals surface area contributed by atoms with Crippen molar-refractivity contribution in [2.24, 2.45) is 4.99 Å². The molecule has 1 rings (SSSR count). The summed E-state index contributed by atoms with van der Waals surface area (Å²) in [5.74, 6) is 1.13. The number of nitrogens with one attached hydrogen (secondary N) is 3. The molecule has 0 aliphatic heterocycles. The quantitative estimate of drug-likeness (QED) is 0.207. The molecule has 0 saturated carbocycles. The molecule has 0 spiro atoms. The number of benzene rings is 1. The van der Waals surface area contributed by atoms with E-state index in [0.717, 1.165) is 23.1 Å². The minimum absolute atomic E-state index is 0. The smallest absolute Gasteiger partial charge is 0.208 e. The van der Waals surface area contributed by atoms with Crippen LogP contribution in [0.5, 0.6) is 0 Å². The summed E-state index contributed by atoms with van der Waals surface area (Å²) in [6.07, 6.45) is 3.75. The lowest BCUT2D eigenvalue weighted by molar-refractivity contribution is 0.584. The van der Waals surface area contributed by atoms with E-state index in [-0.39, 0.29) is 29.8 Å². The second-order valence-electron chi connectivity index (χ2n) is 5.22. The van der Waals surface area contributed by atoms with E-state index < -0.39 is 10.0 Å². The van der Waals surface area contributed by atoms with Crippen LogP contribution in [0.25, 0.3) is 0 Å². The monoisotopic (exact) mass is 504 g/mol. The molecule has 6 nitrogen and oxygen atoms in total. The van der Waals surface area contributed by atoms with Gasteiger partial charge in [-0.3, -0.25) is 4.99 Å². The summed E-state index contributed by atoms with van der Waals surface area (Å²) in [4.78, 5) is 4.12. The summed E-state index contributed by atoms with van der Waals surface area (Å²) in [6, 6.07) is 4.78. The molecule has 0 aromatic heterocycles. The van der Waals surface area contributed by atoms with Gasteiger partial charge in [-0.25, -0.2) is 17.5 Å². The van der Waals surface area contributed by atoms with E-state index in [1.807, 2.05) is 6.26 Å². The molecule has 0 fully saturated rings. The van der Waals surface area contributed by atoms with Crippen LogP contribution in [0.4, 0.5) is 4.39 Å². The standard InChI is InChI=1S/C15H25FN4O2S2.HI/c1-17-15(18-7-4-8-20-24(3,21)22)19-10-12-5-6-14(16)9-13(12)11-23-2;/h5-6,9,20H,4,7-8,10-11H2,1-3H3,(H2,17,18,19);1H. The predicted molar refractivity (Wildman–Crippen MR) is 115 cm³/mol. The number of thioether (sulfide) groups is 1. The Balaban J connectivity index is 0.00000576. The van der Waals surface area contributed by atoms with Gasteiger partial charge in [0.2, 0.25) is 10.0 Å². The molecule has 1 aromatic rings. The molecular weight excluding hydrogens is 478 g/mol. The van der Waals surface area contributed by atoms with E-state index >= 15 is 0 Å². The third-order valence-electron chi connectivity index (χ3n) is 3.15. The Morgan fingerprint density at radius 3 is 2.56 bits per heavy atom. The molecule has 0 aliphatic rings. The lowest BCUT2D eigenvalue weighted by Gasteiger charge is -2.14. The highest BCUT2D eigenvalue weighted by molar-refractivity contribution is 14.0. The number of nitrogens with zero attached hydrogens (tertiary/aromatic N) is 1. The summed E-state index contributed by atoms with van der Waals surface area (Å²) >= 11 is 1.64. The first-order chi connectivity index (χ1) is 11.4. The number of halogens is 2. The normalized spacial score (nSPS) is 11.8. The Labute approximate surface area is 170 Å². The summed E-state index contributed by atoms with van der Waals surface area (Å²) in [5, 5.41) is 6.29. The van der Waals surface area contributed by atoms with Crippen molar-refractivity contribution in [2.45, 2.75) is 18.7 Å². The lowest BCUT2D eigenvalue weighted by Crippen LogP contribution is -2.38. The Hall–Kier alpha value is -0.590. The summed E-state index contributed by atoms with van der Waals surface area (Å²) in [7, 11) is -1.48. The van der Waals surface area contributed by atoms with Crippen LogP contribution in [0.2, 0.25) is 0 Å². The summed E-state index contributed by atoms with van der Waals surface area (Å²) in [5.41, 5.74) is 1.98. The molecule has 0 atom stereocenters. The number of hydrogen-bond acceptors (Lipinski definition) is 4. The average Bonchev–Trinajstić information content (AvgIpc) is 2.50. The van der Waals surface area contributed by atoms with Gasteiger partial charge in [0.1, 0.15) is 5.82 Å². The van der Waals surface area contributed by atoms with E-state index in [9.17, 15) is 12.8 Å². The van der Waals surface area contributed by atoms with Gasteiger partial charge in [0.05, 0.1) is 6.26 Å². The van der Waals surface area contributed by atoms with Gasteiger partial charge in [-0.05, 0) is 35.9 Å². The lowest BCUT2D eigenvalue weighted by atomic mass is 10.1. The van der Waals surface area contributed by atoms with Crippen LogP contribution < -0.4 is 15.4 Å². The van der Waals surface area contributed by atoms with Crippen molar-refractivity contribution in [3.8, 4) is 0 Å². The fourth-order valence-corrected chi connectivity index (χ4v) is 3.10. The van der Waals surface area contributed by atoms with Gasteiger partial charge in [0.15, 0.2) is 5.96 Å². The third-order valence-corrected chi connectivity index (χ3v) is 4.48. The van der Waals surface area contributed by atoms with Gasteiger partial charge in [-0.15, -0.1) is 24.0 Å². The van der Waals surface area contributed by atoms with E-state index in [0.29, 0.717) is 32.0 Å². The highest BCUT2D eigenvalue weighted by Gasteiger charge is 2.05. The first-order valence-electron chi connectivity index (χ1n) is 7.51. The molecule has 144 valence electrons. The third kappa shape index (κ3) is 10.9. The van der Waals surface area contributed by atoms with E-state index in [4.69, 9.17) is 0 Å². The predicted octanol–water partition coefficient (Wildman–Crippen LogP) is 1.91. The number of aliphatic imine (C=N–C) groups is 1. The van der Waals surface area contributed by atoms with E-state index in [2.05, 4.69) is 20.3 Å². The van der Waals surface area contributed by atoms with E-state index in [1.165, 1.54) is 6.07 Å². The van der Waals surface area contributed by atoms with Crippen LogP contribution in [0.15, 0.2) is 23.2 Å². The van der Waals surface area contributed by atoms with Gasteiger partial charge >= 0.3 is 0 Å². The maximum absolute atomic E-state index is 13.3. The van der Waals surface area contributed by atoms with Crippen molar-refractivity contribution in [2.75, 3.05) is 32.6 Å². The average molecular weight is 504 g/mol. The molecule has 1 aromatic carbocycles. The zero-order chi connectivity index (χ0) is 18.0. The van der Waals surface area contributed by atoms with Crippen LogP contribution in [0.1, 0.15) is 17.5 Å². The van der Waals surface area contributed by atoms with Gasteiger partial charge in [0.25, 0.3) is 0 Å². The highest BCUT2D eigenvalue weighted by Crippen LogP contribution is 2.16. The number of rotatable bonds is 9. The van der Waals surface area contributed by atoms with Crippen LogP contribution in [0, 0.1) is 5.82 Å². The fraction of sp³-hybridized carbons (Fsp3) is 0.533. The minimum atomic E-state index is -3.15. The van der Waals surface area contributed by atoms with Gasteiger partial charge < -0.3 is 10.6 Å². The van der Waals surface area contributed by atoms with Crippen molar-refractivity contribution in [3.05, 3.63) is 35.1 Å². The molecule has 0 saturated heterocycles. The molecule has 0 unspecified atom stereocenters. The first kappa shape index (κ1) is 24.4. The van der Waals surface area contributed by atoms with Crippen molar-refractivity contribution in [1.82, 2.24) is 15.4 Å². The maximum atomic E-state index is 13.3. The summed E-state index contributed by atoms with van der Waals surface area (Å²) in [6.45, 7) is 1.50. The number of sulfonamides is 1. The van der Waals surface area contributed by atoms with Crippen LogP contribution in [-0.2, 0) is 22.3 Å². The molecule has 0 radical (unpaired) electrons. The Kier molecular flexibility index (Phi) is 12.4. The highest BCUT2D eigenvalue weighted by atomic mass is 127.